The second kappa shape index (κ2) is 2.88. The standard InChI is InChI=1S/CH4BIOS3/c1-7(4,5)6(2)3/h6H,1H3. The second-order valence-corrected chi connectivity index (χ2v) is 14.0. The summed E-state index contributed by atoms with van der Waals surface area (Å²) in [6.45, 7) is 5.24. The Morgan fingerprint density at radius 1 is 2.00 bits per heavy atom. The predicted molar refractivity (Wildman–Crippen MR) is 50.2 cm³/mol. The van der Waals surface area contributed by atoms with Crippen LogP contribution in [0.1, 0.15) is 0 Å². The average Bonchev–Trinajstić information content (AvgIpc) is 1.31. The molecule has 0 amide bonds. The molecule has 0 N–H and O–H groups in total. The van der Waals surface area contributed by atoms with E-state index in [1.54, 1.807) is 0 Å². The molecular formula is CH4BIOS3. The van der Waals surface area contributed by atoms with Gasteiger partial charge >= 0.3 is 63.2 Å². The summed E-state index contributed by atoms with van der Waals surface area (Å²) in [6, 6.07) is 0. The quantitative estimate of drug-likeness (QED) is 0.301. The molecule has 0 aromatic heterocycles. The summed E-state index contributed by atoms with van der Waals surface area (Å²) in [6.07, 6.45) is 0.572. The fraction of sp³-hybridized carbons (Fsp3) is 1.00. The molecule has 0 fully saturated rings. The summed E-state index contributed by atoms with van der Waals surface area (Å²) in [4.78, 5) is 0. The van der Waals surface area contributed by atoms with Gasteiger partial charge in [-0.25, -0.2) is 0 Å². The van der Waals surface area contributed by atoms with Crippen molar-refractivity contribution in [1.82, 2.24) is 0 Å². The molecule has 0 aromatic rings. The molecule has 2 atom stereocenters. The second-order valence-electron chi connectivity index (χ2n) is 1.01. The first kappa shape index (κ1) is 8.51. The van der Waals surface area contributed by atoms with Crippen molar-refractivity contribution in [3.05, 3.63) is 0 Å². The van der Waals surface area contributed by atoms with E-state index in [9.17, 15) is 4.21 Å². The van der Waals surface area contributed by atoms with Gasteiger partial charge in [0.25, 0.3) is 0 Å². The van der Waals surface area contributed by atoms with Crippen LogP contribution in [0.4, 0.5) is 0 Å². The Bertz CT molecular complexity index is 207. The van der Waals surface area contributed by atoms with Gasteiger partial charge in [0.1, 0.15) is 0 Å². The Morgan fingerprint density at radius 2 is 2.14 bits per heavy atom. The SMILES string of the molecule is B#[SH](I)S(C)(=O)=S. The Labute approximate surface area is 62.7 Å². The van der Waals surface area contributed by atoms with Crippen LogP contribution in [0.5, 0.6) is 0 Å². The number of halogens is 1. The minimum atomic E-state index is -2.08. The van der Waals surface area contributed by atoms with Crippen molar-refractivity contribution in [3.8, 4) is 0 Å². The van der Waals surface area contributed by atoms with E-state index in [1.807, 2.05) is 21.2 Å². The maximum atomic E-state index is 10.6. The first-order valence-corrected chi connectivity index (χ1v) is 9.04. The predicted octanol–water partition coefficient (Wildman–Crippen LogP) is 0.712. The van der Waals surface area contributed by atoms with Gasteiger partial charge in [0.2, 0.25) is 0 Å². The topological polar surface area (TPSA) is 17.1 Å². The molecule has 0 aliphatic rings. The Balaban J connectivity index is 4.56. The van der Waals surface area contributed by atoms with Crippen LogP contribution >= 0.6 is 27.5 Å². The van der Waals surface area contributed by atoms with E-state index in [1.165, 1.54) is 6.26 Å². The van der Waals surface area contributed by atoms with Crippen LogP contribution in [0, 0.1) is 0 Å². The van der Waals surface area contributed by atoms with E-state index in [2.05, 4.69) is 11.2 Å². The van der Waals surface area contributed by atoms with E-state index in [4.69, 9.17) is 6.53 Å². The van der Waals surface area contributed by atoms with Crippen LogP contribution < -0.4 is 0 Å². The van der Waals surface area contributed by atoms with Gasteiger partial charge in [0.15, 0.2) is 0 Å². The third kappa shape index (κ3) is 4.05. The molecule has 0 saturated carbocycles. The molecule has 7 heavy (non-hydrogen) atoms. The molecule has 0 spiro atoms. The van der Waals surface area contributed by atoms with Crippen molar-refractivity contribution in [2.24, 2.45) is 0 Å². The fourth-order valence-corrected chi connectivity index (χ4v) is 0. The molecule has 0 rings (SSSR count). The normalized spacial score (nSPS) is 23.4. The number of rotatable bonds is 0. The zero-order valence-electron chi connectivity index (χ0n) is 3.63. The third-order valence-corrected chi connectivity index (χ3v) is 13.5. The summed E-state index contributed by atoms with van der Waals surface area (Å²) in [5, 5.41) is 0. The van der Waals surface area contributed by atoms with Gasteiger partial charge in [-0.3, -0.25) is 0 Å². The van der Waals surface area contributed by atoms with Crippen LogP contribution in [0.3, 0.4) is 0 Å². The summed E-state index contributed by atoms with van der Waals surface area (Å²) in [7, 11) is -2.08. The summed E-state index contributed by atoms with van der Waals surface area (Å²) in [5.74, 6) is 0. The van der Waals surface area contributed by atoms with Gasteiger partial charge in [-0.15, -0.1) is 0 Å². The van der Waals surface area contributed by atoms with Gasteiger partial charge in [-0.05, 0) is 0 Å². The van der Waals surface area contributed by atoms with Crippen LogP contribution in [-0.2, 0) is 18.7 Å². The van der Waals surface area contributed by atoms with E-state index in [0.717, 1.165) is 0 Å². The first-order valence-electron chi connectivity index (χ1n) is 1.35. The van der Waals surface area contributed by atoms with Gasteiger partial charge in [0.05, 0.1) is 0 Å². The number of hydrogen-bond acceptors (Lipinski definition) is 2. The number of hydrogen-bond donors (Lipinski definition) is 1. The fourth-order valence-electron chi connectivity index (χ4n) is 0. The third-order valence-electron chi connectivity index (χ3n) is 0.317. The zero-order chi connectivity index (χ0) is 6.08. The van der Waals surface area contributed by atoms with Crippen molar-refractivity contribution >= 4 is 52.8 Å². The molecular weight excluding hydrogens is 262 g/mol. The minimum absolute atomic E-state index is 0.929. The monoisotopic (exact) mass is 266 g/mol. The van der Waals surface area contributed by atoms with E-state index < -0.39 is 13.9 Å². The van der Waals surface area contributed by atoms with Crippen molar-refractivity contribution < 1.29 is 4.21 Å². The van der Waals surface area contributed by atoms with Crippen molar-refractivity contribution in [2.75, 3.05) is 6.26 Å². The van der Waals surface area contributed by atoms with Crippen molar-refractivity contribution in [2.45, 2.75) is 0 Å². The molecule has 2 unspecified atom stereocenters. The summed E-state index contributed by atoms with van der Waals surface area (Å²) in [5.41, 5.74) is 0. The average molecular weight is 266 g/mol. The van der Waals surface area contributed by atoms with Crippen LogP contribution in [0.15, 0.2) is 0 Å². The van der Waals surface area contributed by atoms with Gasteiger partial charge in [0, 0.05) is 0 Å². The molecule has 1 nitrogen and oxygen atoms in total. The van der Waals surface area contributed by atoms with E-state index in [-0.39, 0.29) is 0 Å². The van der Waals surface area contributed by atoms with Gasteiger partial charge < -0.3 is 0 Å². The molecule has 0 aliphatic carbocycles. The first-order chi connectivity index (χ1) is 2.94. The zero-order valence-corrected chi connectivity index (χ0v) is 8.31. The summed E-state index contributed by atoms with van der Waals surface area (Å²) < 4.78 is 10.6. The molecule has 0 aromatic carbocycles. The molecule has 0 radical (unpaired) electrons. The van der Waals surface area contributed by atoms with Gasteiger partial charge in [-0.1, -0.05) is 0 Å². The van der Waals surface area contributed by atoms with Gasteiger partial charge in [-0.2, -0.15) is 0 Å². The van der Waals surface area contributed by atoms with E-state index >= 15 is 0 Å². The molecule has 0 saturated heterocycles. The van der Waals surface area contributed by atoms with E-state index in [0.29, 0.717) is 0 Å². The van der Waals surface area contributed by atoms with Crippen molar-refractivity contribution in [1.29, 1.82) is 0 Å². The van der Waals surface area contributed by atoms with Crippen LogP contribution in [0.25, 0.3) is 0 Å². The molecule has 6 heteroatoms. The summed E-state index contributed by atoms with van der Waals surface area (Å²) >= 11 is 6.45. The van der Waals surface area contributed by atoms with Crippen molar-refractivity contribution in [3.63, 3.8) is 0 Å². The molecule has 0 bridgehead atoms. The Hall–Kier alpha value is 1.51. The maximum absolute atomic E-state index is 10.6. The van der Waals surface area contributed by atoms with Crippen LogP contribution in [-0.4, -0.2) is 17.0 Å². The van der Waals surface area contributed by atoms with Crippen LogP contribution in [0.2, 0.25) is 0 Å². The molecule has 0 heterocycles. The number of thiol groups is 1. The Morgan fingerprint density at radius 3 is 2.14 bits per heavy atom. The Kier molecular flexibility index (Phi) is 3.51. The molecule has 0 aliphatic heterocycles. The molecule has 42 valence electrons.